The van der Waals surface area contributed by atoms with Crippen LogP contribution in [0.1, 0.15) is 20.8 Å². The molecule has 0 aliphatic rings. The highest BCUT2D eigenvalue weighted by atomic mass is 16.6. The third kappa shape index (κ3) is 4.01. The number of hydrogen-bond acceptors (Lipinski definition) is 6. The van der Waals surface area contributed by atoms with Gasteiger partial charge in [-0.15, -0.1) is 0 Å². The van der Waals surface area contributed by atoms with Crippen LogP contribution in [-0.2, 0) is 16.2 Å². The third-order valence-electron chi connectivity index (χ3n) is 2.79. The summed E-state index contributed by atoms with van der Waals surface area (Å²) in [5.74, 6) is -0.340. The number of ether oxygens (including phenoxy) is 1. The number of benzene rings is 1. The van der Waals surface area contributed by atoms with Crippen LogP contribution in [0, 0.1) is 10.1 Å². The lowest BCUT2D eigenvalue weighted by Crippen LogP contribution is -2.32. The van der Waals surface area contributed by atoms with Crippen LogP contribution in [0.4, 0.5) is 5.69 Å². The Morgan fingerprint density at radius 1 is 1.45 bits per heavy atom. The molecule has 1 N–H and O–H groups in total. The zero-order valence-electron chi connectivity index (χ0n) is 12.7. The van der Waals surface area contributed by atoms with Crippen LogP contribution in [0.15, 0.2) is 24.5 Å². The van der Waals surface area contributed by atoms with Gasteiger partial charge >= 0.3 is 5.97 Å². The van der Waals surface area contributed by atoms with Gasteiger partial charge in [0.1, 0.15) is 5.60 Å². The number of esters is 1. The topological polar surface area (TPSA) is 99.3 Å². The molecule has 8 heteroatoms. The number of non-ortho nitro benzene ring substituents is 1. The Balaban J connectivity index is 1.98. The van der Waals surface area contributed by atoms with Crippen molar-refractivity contribution in [2.45, 2.75) is 33.0 Å². The molecule has 0 atom stereocenters. The maximum atomic E-state index is 11.6. The Morgan fingerprint density at radius 3 is 2.82 bits per heavy atom. The highest BCUT2D eigenvalue weighted by Crippen LogP contribution is 2.19. The highest BCUT2D eigenvalue weighted by molar-refractivity contribution is 5.78. The molecular weight excluding hydrogens is 288 g/mol. The molecule has 118 valence electrons. The van der Waals surface area contributed by atoms with Crippen LogP contribution >= 0.6 is 0 Å². The summed E-state index contributed by atoms with van der Waals surface area (Å²) in [5.41, 5.74) is 0.773. The van der Waals surface area contributed by atoms with Gasteiger partial charge in [0, 0.05) is 12.1 Å². The number of rotatable bonds is 5. The number of nitro groups is 1. The van der Waals surface area contributed by atoms with Gasteiger partial charge in [-0.25, -0.2) is 4.98 Å². The number of nitro benzene ring substituents is 1. The van der Waals surface area contributed by atoms with E-state index in [1.165, 1.54) is 12.1 Å². The van der Waals surface area contributed by atoms with Crippen LogP contribution in [0.3, 0.4) is 0 Å². The van der Waals surface area contributed by atoms with Crippen molar-refractivity contribution in [2.24, 2.45) is 0 Å². The van der Waals surface area contributed by atoms with Crippen LogP contribution in [0.25, 0.3) is 11.0 Å². The quantitative estimate of drug-likeness (QED) is 0.514. The minimum atomic E-state index is -0.514. The SMILES string of the molecule is CC(C)(C)OC(=O)CNCn1cnc2cc([N+](=O)[O-])ccc21. The first-order valence-corrected chi connectivity index (χ1v) is 6.78. The minimum Gasteiger partial charge on any atom is -0.459 e. The van der Waals surface area contributed by atoms with Crippen molar-refractivity contribution in [3.63, 3.8) is 0 Å². The number of aromatic nitrogens is 2. The van der Waals surface area contributed by atoms with Crippen molar-refractivity contribution < 1.29 is 14.5 Å². The molecule has 0 unspecified atom stereocenters. The van der Waals surface area contributed by atoms with E-state index >= 15 is 0 Å². The molecule has 0 fully saturated rings. The van der Waals surface area contributed by atoms with Crippen molar-refractivity contribution in [3.8, 4) is 0 Å². The van der Waals surface area contributed by atoms with Gasteiger partial charge in [0.25, 0.3) is 5.69 Å². The van der Waals surface area contributed by atoms with Gasteiger partial charge in [0.15, 0.2) is 0 Å². The monoisotopic (exact) mass is 306 g/mol. The number of carbonyl (C=O) groups excluding carboxylic acids is 1. The van der Waals surface area contributed by atoms with Crippen molar-refractivity contribution in [1.82, 2.24) is 14.9 Å². The molecule has 0 aliphatic carbocycles. The van der Waals surface area contributed by atoms with Crippen LogP contribution in [0.2, 0.25) is 0 Å². The van der Waals surface area contributed by atoms with E-state index < -0.39 is 10.5 Å². The Labute approximate surface area is 127 Å². The predicted molar refractivity (Wildman–Crippen MR) is 80.2 cm³/mol. The molecule has 0 radical (unpaired) electrons. The number of nitrogens with one attached hydrogen (secondary N) is 1. The summed E-state index contributed by atoms with van der Waals surface area (Å²) in [6.07, 6.45) is 1.57. The molecule has 0 saturated heterocycles. The smallest absolute Gasteiger partial charge is 0.320 e. The molecule has 22 heavy (non-hydrogen) atoms. The molecule has 0 saturated carbocycles. The fraction of sp³-hybridized carbons (Fsp3) is 0.429. The average Bonchev–Trinajstić information content (AvgIpc) is 2.79. The second-order valence-electron chi connectivity index (χ2n) is 5.82. The lowest BCUT2D eigenvalue weighted by atomic mass is 10.2. The second kappa shape index (κ2) is 6.10. The molecular formula is C14H18N4O4. The van der Waals surface area contributed by atoms with E-state index in [9.17, 15) is 14.9 Å². The van der Waals surface area contributed by atoms with Crippen molar-refractivity contribution in [1.29, 1.82) is 0 Å². The highest BCUT2D eigenvalue weighted by Gasteiger charge is 2.16. The molecule has 1 aromatic heterocycles. The molecule has 0 bridgehead atoms. The van der Waals surface area contributed by atoms with E-state index in [-0.39, 0.29) is 18.2 Å². The molecule has 0 aliphatic heterocycles. The van der Waals surface area contributed by atoms with Gasteiger partial charge in [-0.3, -0.25) is 20.2 Å². The van der Waals surface area contributed by atoms with Crippen molar-refractivity contribution in [2.75, 3.05) is 6.54 Å². The molecule has 2 aromatic rings. The first-order valence-electron chi connectivity index (χ1n) is 6.78. The van der Waals surface area contributed by atoms with Gasteiger partial charge in [-0.1, -0.05) is 0 Å². The fourth-order valence-corrected chi connectivity index (χ4v) is 1.95. The van der Waals surface area contributed by atoms with Gasteiger partial charge in [-0.05, 0) is 26.8 Å². The van der Waals surface area contributed by atoms with E-state index in [4.69, 9.17) is 4.74 Å². The summed E-state index contributed by atoms with van der Waals surface area (Å²) in [7, 11) is 0. The van der Waals surface area contributed by atoms with E-state index in [1.54, 1.807) is 37.7 Å². The maximum absolute atomic E-state index is 11.6. The molecule has 1 heterocycles. The second-order valence-corrected chi connectivity index (χ2v) is 5.82. The van der Waals surface area contributed by atoms with E-state index in [2.05, 4.69) is 10.3 Å². The minimum absolute atomic E-state index is 0.000496. The third-order valence-corrected chi connectivity index (χ3v) is 2.79. The number of carbonyl (C=O) groups is 1. The van der Waals surface area contributed by atoms with E-state index in [0.717, 1.165) is 5.52 Å². The van der Waals surface area contributed by atoms with Gasteiger partial charge < -0.3 is 9.30 Å². The van der Waals surface area contributed by atoms with Crippen LogP contribution in [0.5, 0.6) is 0 Å². The summed E-state index contributed by atoms with van der Waals surface area (Å²) in [6, 6.07) is 4.48. The van der Waals surface area contributed by atoms with E-state index in [0.29, 0.717) is 12.2 Å². The van der Waals surface area contributed by atoms with E-state index in [1.807, 2.05) is 0 Å². The Kier molecular flexibility index (Phi) is 4.41. The number of nitrogens with zero attached hydrogens (tertiary/aromatic N) is 3. The summed E-state index contributed by atoms with van der Waals surface area (Å²) in [4.78, 5) is 26.0. The maximum Gasteiger partial charge on any atom is 0.320 e. The molecule has 2 rings (SSSR count). The molecule has 0 amide bonds. The van der Waals surface area contributed by atoms with Gasteiger partial charge in [0.2, 0.25) is 0 Å². The molecule has 1 aromatic carbocycles. The number of imidazole rings is 1. The predicted octanol–water partition coefficient (Wildman–Crippen LogP) is 1.83. The van der Waals surface area contributed by atoms with Crippen LogP contribution in [-0.4, -0.2) is 32.6 Å². The molecule has 8 nitrogen and oxygen atoms in total. The fourth-order valence-electron chi connectivity index (χ4n) is 1.95. The summed E-state index contributed by atoms with van der Waals surface area (Å²) in [6.45, 7) is 5.85. The largest absolute Gasteiger partial charge is 0.459 e. The summed E-state index contributed by atoms with van der Waals surface area (Å²) in [5, 5.41) is 13.7. The number of fused-ring (bicyclic) bond motifs is 1. The Morgan fingerprint density at radius 2 is 2.18 bits per heavy atom. The van der Waals surface area contributed by atoms with Crippen molar-refractivity contribution >= 4 is 22.7 Å². The molecule has 0 spiro atoms. The lowest BCUT2D eigenvalue weighted by molar-refractivity contribution is -0.384. The van der Waals surface area contributed by atoms with Crippen molar-refractivity contribution in [3.05, 3.63) is 34.6 Å². The average molecular weight is 306 g/mol. The standard InChI is InChI=1S/C14H18N4O4/c1-14(2,3)22-13(19)7-15-8-17-9-16-11-6-10(18(20)21)4-5-12(11)17/h4-6,9,15H,7-8H2,1-3H3. The summed E-state index contributed by atoms with van der Waals surface area (Å²) < 4.78 is 6.95. The number of hydrogen-bond donors (Lipinski definition) is 1. The lowest BCUT2D eigenvalue weighted by Gasteiger charge is -2.19. The Hall–Kier alpha value is -2.48. The first-order chi connectivity index (χ1) is 10.3. The normalized spacial score (nSPS) is 11.6. The van der Waals surface area contributed by atoms with Gasteiger partial charge in [0.05, 0.1) is 35.5 Å². The zero-order chi connectivity index (χ0) is 16.3. The van der Waals surface area contributed by atoms with Crippen LogP contribution < -0.4 is 5.32 Å². The zero-order valence-corrected chi connectivity index (χ0v) is 12.7. The summed E-state index contributed by atoms with van der Waals surface area (Å²) >= 11 is 0. The first kappa shape index (κ1) is 15.9. The van der Waals surface area contributed by atoms with Gasteiger partial charge in [-0.2, -0.15) is 0 Å². The Bertz CT molecular complexity index is 702.